The molecule has 2 atom stereocenters. The van der Waals surface area contributed by atoms with Gasteiger partial charge in [-0.05, 0) is 38.0 Å². The largest absolute Gasteiger partial charge is 0.480 e. The molecule has 0 saturated carbocycles. The molecule has 5 heteroatoms. The van der Waals surface area contributed by atoms with Crippen LogP contribution in [0.2, 0.25) is 0 Å². The van der Waals surface area contributed by atoms with E-state index in [0.29, 0.717) is 18.4 Å². The van der Waals surface area contributed by atoms with Gasteiger partial charge in [0.15, 0.2) is 0 Å². The first-order chi connectivity index (χ1) is 8.78. The molecule has 19 heavy (non-hydrogen) atoms. The lowest BCUT2D eigenvalue weighted by atomic mass is 9.94. The molecule has 0 radical (unpaired) electrons. The van der Waals surface area contributed by atoms with Crippen molar-refractivity contribution in [1.29, 1.82) is 0 Å². The van der Waals surface area contributed by atoms with Crippen LogP contribution in [0.25, 0.3) is 0 Å². The molecule has 3 nitrogen and oxygen atoms in total. The van der Waals surface area contributed by atoms with E-state index in [1.807, 2.05) is 6.92 Å². The number of nitrogens with one attached hydrogen (secondary N) is 1. The van der Waals surface area contributed by atoms with Gasteiger partial charge in [-0.25, -0.2) is 8.78 Å². The van der Waals surface area contributed by atoms with Crippen LogP contribution in [0.4, 0.5) is 8.78 Å². The molecule has 0 spiro atoms. The van der Waals surface area contributed by atoms with Gasteiger partial charge in [0.25, 0.3) is 0 Å². The number of halogens is 2. The van der Waals surface area contributed by atoms with E-state index in [4.69, 9.17) is 0 Å². The van der Waals surface area contributed by atoms with Crippen molar-refractivity contribution >= 4 is 5.97 Å². The number of carbonyl (C=O) groups is 1. The van der Waals surface area contributed by atoms with Crippen molar-refractivity contribution in [1.82, 2.24) is 5.32 Å². The summed E-state index contributed by atoms with van der Waals surface area (Å²) in [5.74, 6) is -2.31. The molecule has 0 fully saturated rings. The minimum Gasteiger partial charge on any atom is -0.480 e. The third-order valence-electron chi connectivity index (χ3n) is 3.14. The summed E-state index contributed by atoms with van der Waals surface area (Å²) in [7, 11) is 0. The summed E-state index contributed by atoms with van der Waals surface area (Å²) >= 11 is 0. The molecule has 0 aliphatic heterocycles. The molecule has 0 aliphatic carbocycles. The Bertz CT molecular complexity index is 445. The Hall–Kier alpha value is -1.49. The molecule has 1 rings (SSSR count). The average Bonchev–Trinajstić information content (AvgIpc) is 2.27. The number of benzene rings is 1. The van der Waals surface area contributed by atoms with Crippen LogP contribution < -0.4 is 5.32 Å². The van der Waals surface area contributed by atoms with E-state index in [2.05, 4.69) is 5.32 Å². The quantitative estimate of drug-likeness (QED) is 0.835. The van der Waals surface area contributed by atoms with Gasteiger partial charge in [0, 0.05) is 12.1 Å². The molecule has 106 valence electrons. The van der Waals surface area contributed by atoms with Crippen molar-refractivity contribution in [3.8, 4) is 0 Å². The highest BCUT2D eigenvalue weighted by Crippen LogP contribution is 2.22. The topological polar surface area (TPSA) is 49.3 Å². The van der Waals surface area contributed by atoms with Gasteiger partial charge in [-0.1, -0.05) is 13.3 Å². The maximum atomic E-state index is 13.1. The zero-order valence-corrected chi connectivity index (χ0v) is 11.3. The predicted octanol–water partition coefficient (Wildman–Crippen LogP) is 3.26. The van der Waals surface area contributed by atoms with Crippen molar-refractivity contribution in [2.45, 2.75) is 45.2 Å². The van der Waals surface area contributed by atoms with Crippen molar-refractivity contribution in [3.63, 3.8) is 0 Å². The minimum atomic E-state index is -1.11. The van der Waals surface area contributed by atoms with Gasteiger partial charge in [-0.3, -0.25) is 10.1 Å². The molecule has 0 bridgehead atoms. The highest BCUT2D eigenvalue weighted by molar-refractivity contribution is 5.78. The van der Waals surface area contributed by atoms with Crippen LogP contribution >= 0.6 is 0 Å². The second-order valence-corrected chi connectivity index (χ2v) is 4.96. The Balaban J connectivity index is 2.93. The van der Waals surface area contributed by atoms with Crippen LogP contribution in [0.15, 0.2) is 18.2 Å². The van der Waals surface area contributed by atoms with Crippen molar-refractivity contribution < 1.29 is 18.7 Å². The second-order valence-electron chi connectivity index (χ2n) is 4.96. The second kappa shape index (κ2) is 6.10. The van der Waals surface area contributed by atoms with Crippen LogP contribution in [0.3, 0.4) is 0 Å². The lowest BCUT2D eigenvalue weighted by molar-refractivity contribution is -0.144. The molecule has 1 aromatic rings. The van der Waals surface area contributed by atoms with E-state index in [1.54, 1.807) is 13.8 Å². The van der Waals surface area contributed by atoms with E-state index in [9.17, 15) is 18.7 Å². The average molecular weight is 271 g/mol. The molecule has 2 unspecified atom stereocenters. The molecular weight excluding hydrogens is 252 g/mol. The number of aliphatic carboxylic acids is 1. The van der Waals surface area contributed by atoms with Gasteiger partial charge in [0.2, 0.25) is 0 Å². The standard InChI is InChI=1S/C14H19F2NO2/c1-4-5-14(3,13(18)19)17-9(2)10-6-11(15)8-12(16)7-10/h6-9,17H,4-5H2,1-3H3,(H,18,19). The van der Waals surface area contributed by atoms with Crippen LogP contribution in [0.1, 0.15) is 45.2 Å². The predicted molar refractivity (Wildman–Crippen MR) is 68.9 cm³/mol. The van der Waals surface area contributed by atoms with E-state index in [1.165, 1.54) is 12.1 Å². The summed E-state index contributed by atoms with van der Waals surface area (Å²) in [6, 6.07) is 2.74. The smallest absolute Gasteiger partial charge is 0.323 e. The summed E-state index contributed by atoms with van der Waals surface area (Å²) in [6.45, 7) is 5.14. The molecule has 0 aliphatic rings. The molecule has 1 aromatic carbocycles. The molecule has 2 N–H and O–H groups in total. The molecule has 0 amide bonds. The monoisotopic (exact) mass is 271 g/mol. The van der Waals surface area contributed by atoms with E-state index >= 15 is 0 Å². The van der Waals surface area contributed by atoms with E-state index < -0.39 is 29.2 Å². The Morgan fingerprint density at radius 3 is 2.32 bits per heavy atom. The van der Waals surface area contributed by atoms with Crippen LogP contribution in [-0.2, 0) is 4.79 Å². The number of hydrogen-bond donors (Lipinski definition) is 2. The fourth-order valence-corrected chi connectivity index (χ4v) is 2.13. The molecule has 0 aromatic heterocycles. The van der Waals surface area contributed by atoms with Gasteiger partial charge in [-0.2, -0.15) is 0 Å². The van der Waals surface area contributed by atoms with Crippen molar-refractivity contribution in [2.75, 3.05) is 0 Å². The lowest BCUT2D eigenvalue weighted by Crippen LogP contribution is -2.50. The lowest BCUT2D eigenvalue weighted by Gasteiger charge is -2.30. The van der Waals surface area contributed by atoms with Gasteiger partial charge >= 0.3 is 5.97 Å². The van der Waals surface area contributed by atoms with Gasteiger partial charge in [0.1, 0.15) is 17.2 Å². The summed E-state index contributed by atoms with van der Waals surface area (Å²) < 4.78 is 26.3. The number of hydrogen-bond acceptors (Lipinski definition) is 2. The Morgan fingerprint density at radius 2 is 1.89 bits per heavy atom. The first kappa shape index (κ1) is 15.6. The fourth-order valence-electron chi connectivity index (χ4n) is 2.13. The van der Waals surface area contributed by atoms with Gasteiger partial charge in [0.05, 0.1) is 0 Å². The number of rotatable bonds is 6. The highest BCUT2D eigenvalue weighted by atomic mass is 19.1. The zero-order valence-electron chi connectivity index (χ0n) is 11.3. The van der Waals surface area contributed by atoms with E-state index in [0.717, 1.165) is 6.07 Å². The Morgan fingerprint density at radius 1 is 1.37 bits per heavy atom. The molecule has 0 heterocycles. The summed E-state index contributed by atoms with van der Waals surface area (Å²) in [4.78, 5) is 11.3. The molecular formula is C14H19F2NO2. The van der Waals surface area contributed by atoms with Crippen molar-refractivity contribution in [2.24, 2.45) is 0 Å². The SMILES string of the molecule is CCCC(C)(NC(C)c1cc(F)cc(F)c1)C(=O)O. The van der Waals surface area contributed by atoms with Crippen molar-refractivity contribution in [3.05, 3.63) is 35.4 Å². The Labute approximate surface area is 111 Å². The van der Waals surface area contributed by atoms with E-state index in [-0.39, 0.29) is 0 Å². The third-order valence-corrected chi connectivity index (χ3v) is 3.14. The van der Waals surface area contributed by atoms with Crippen LogP contribution in [0.5, 0.6) is 0 Å². The zero-order chi connectivity index (χ0) is 14.6. The maximum Gasteiger partial charge on any atom is 0.323 e. The first-order valence-electron chi connectivity index (χ1n) is 6.25. The number of carboxylic acids is 1. The summed E-state index contributed by atoms with van der Waals surface area (Å²) in [6.07, 6.45) is 1.13. The third kappa shape index (κ3) is 3.99. The fraction of sp³-hybridized carbons (Fsp3) is 0.500. The summed E-state index contributed by atoms with van der Waals surface area (Å²) in [5.41, 5.74) is -0.724. The van der Waals surface area contributed by atoms with Gasteiger partial charge in [-0.15, -0.1) is 0 Å². The van der Waals surface area contributed by atoms with Crippen LogP contribution in [0, 0.1) is 11.6 Å². The van der Waals surface area contributed by atoms with Gasteiger partial charge < -0.3 is 5.11 Å². The minimum absolute atomic E-state index is 0.390. The maximum absolute atomic E-state index is 13.1. The number of carboxylic acid groups (broad SMARTS) is 1. The summed E-state index contributed by atoms with van der Waals surface area (Å²) in [5, 5.41) is 12.2. The van der Waals surface area contributed by atoms with Crippen LogP contribution in [-0.4, -0.2) is 16.6 Å². The Kier molecular flexibility index (Phi) is 5.00. The first-order valence-corrected chi connectivity index (χ1v) is 6.25. The molecule has 0 saturated heterocycles. The normalized spacial score (nSPS) is 15.8. The highest BCUT2D eigenvalue weighted by Gasteiger charge is 2.33.